The van der Waals surface area contributed by atoms with Gasteiger partial charge in [0.1, 0.15) is 23.5 Å². The Balaban J connectivity index is 1.47. The molecule has 1 saturated carbocycles. The van der Waals surface area contributed by atoms with Gasteiger partial charge in [-0.1, -0.05) is 19.1 Å². The second-order valence-corrected chi connectivity index (χ2v) is 11.8. The van der Waals surface area contributed by atoms with E-state index in [0.29, 0.717) is 5.56 Å². The number of carbonyl (C=O) groups is 2. The Kier molecular flexibility index (Phi) is 6.87. The summed E-state index contributed by atoms with van der Waals surface area (Å²) >= 11 is 1.48. The zero-order chi connectivity index (χ0) is 25.5. The predicted molar refractivity (Wildman–Crippen MR) is 131 cm³/mol. The summed E-state index contributed by atoms with van der Waals surface area (Å²) in [5, 5.41) is 13.4. The molecule has 1 N–H and O–H groups in total. The van der Waals surface area contributed by atoms with Gasteiger partial charge in [-0.2, -0.15) is 5.26 Å². The summed E-state index contributed by atoms with van der Waals surface area (Å²) in [5.74, 6) is -0.535. The van der Waals surface area contributed by atoms with E-state index in [1.165, 1.54) is 17.4 Å². The molecule has 7 nitrogen and oxygen atoms in total. The molecule has 2 aromatic rings. The van der Waals surface area contributed by atoms with Crippen LogP contribution in [0.1, 0.15) is 51.1 Å². The first-order valence-corrected chi connectivity index (χ1v) is 12.7. The van der Waals surface area contributed by atoms with Gasteiger partial charge < -0.3 is 10.1 Å². The highest BCUT2D eigenvalue weighted by molar-refractivity contribution is 7.15. The Hall–Kier alpha value is -2.99. The molecule has 186 valence electrons. The van der Waals surface area contributed by atoms with E-state index in [0.717, 1.165) is 28.3 Å². The average molecular weight is 499 g/mol. The number of amides is 2. The number of hydrogen-bond donors (Lipinski definition) is 1. The van der Waals surface area contributed by atoms with Crippen LogP contribution in [0.15, 0.2) is 24.4 Å². The van der Waals surface area contributed by atoms with Gasteiger partial charge in [0.05, 0.1) is 16.0 Å². The van der Waals surface area contributed by atoms with Crippen LogP contribution in [0.2, 0.25) is 0 Å². The van der Waals surface area contributed by atoms with Gasteiger partial charge in [-0.05, 0) is 69.6 Å². The van der Waals surface area contributed by atoms with Gasteiger partial charge in [-0.3, -0.25) is 9.69 Å². The lowest BCUT2D eigenvalue weighted by atomic mass is 9.88. The number of nitrogens with one attached hydrogen (secondary N) is 1. The van der Waals surface area contributed by atoms with Crippen LogP contribution < -0.4 is 5.32 Å². The van der Waals surface area contributed by atoms with E-state index >= 15 is 0 Å². The van der Waals surface area contributed by atoms with Crippen LogP contribution in [-0.4, -0.2) is 45.6 Å². The second-order valence-electron chi connectivity index (χ2n) is 10.5. The number of aromatic nitrogens is 1. The first-order chi connectivity index (χ1) is 16.5. The highest BCUT2D eigenvalue weighted by Crippen LogP contribution is 2.46. The molecule has 2 heterocycles. The quantitative estimate of drug-likeness (QED) is 0.636. The van der Waals surface area contributed by atoms with Crippen LogP contribution >= 0.6 is 11.3 Å². The number of piperidine rings is 1. The fraction of sp³-hybridized carbons (Fsp3) is 0.538. The summed E-state index contributed by atoms with van der Waals surface area (Å²) < 4.78 is 20.4. The van der Waals surface area contributed by atoms with Gasteiger partial charge in [-0.15, -0.1) is 11.3 Å². The van der Waals surface area contributed by atoms with Gasteiger partial charge in [0.15, 0.2) is 0 Å². The SMILES string of the molecule is Cc1ncc(-c2ccc(C[C@@H](C#N)NC(=O)C3C4CC(CC4C)N3C(=O)OC(C)(C)C)c(F)c2)s1. The molecule has 35 heavy (non-hydrogen) atoms. The van der Waals surface area contributed by atoms with Crippen LogP contribution in [0.3, 0.4) is 0 Å². The molecule has 2 aliphatic rings. The van der Waals surface area contributed by atoms with Crippen molar-refractivity contribution in [3.05, 3.63) is 40.8 Å². The predicted octanol–water partition coefficient (Wildman–Crippen LogP) is 4.84. The number of aryl methyl sites for hydroxylation is 1. The maximum absolute atomic E-state index is 14.9. The number of nitriles is 1. The fourth-order valence-electron chi connectivity index (χ4n) is 5.21. The van der Waals surface area contributed by atoms with Crippen molar-refractivity contribution in [2.45, 2.75) is 77.6 Å². The van der Waals surface area contributed by atoms with Gasteiger partial charge in [0, 0.05) is 18.7 Å². The van der Waals surface area contributed by atoms with Crippen LogP contribution in [0, 0.1) is 35.9 Å². The minimum absolute atomic E-state index is 0.00532. The number of fused-ring (bicyclic) bond motifs is 2. The number of ether oxygens (including phenoxy) is 1. The Morgan fingerprint density at radius 3 is 2.71 bits per heavy atom. The summed E-state index contributed by atoms with van der Waals surface area (Å²) in [6.07, 6.45) is 2.79. The number of nitrogens with zero attached hydrogens (tertiary/aromatic N) is 3. The first-order valence-electron chi connectivity index (χ1n) is 11.9. The first kappa shape index (κ1) is 25.1. The van der Waals surface area contributed by atoms with E-state index in [4.69, 9.17) is 4.74 Å². The normalized spacial score (nSPS) is 24.2. The summed E-state index contributed by atoms with van der Waals surface area (Å²) in [5.41, 5.74) is 0.382. The Morgan fingerprint density at radius 1 is 1.37 bits per heavy atom. The molecular weight excluding hydrogens is 467 g/mol. The zero-order valence-corrected chi connectivity index (χ0v) is 21.5. The lowest BCUT2D eigenvalue weighted by molar-refractivity contribution is -0.129. The number of thiazole rings is 1. The van der Waals surface area contributed by atoms with E-state index in [-0.39, 0.29) is 24.3 Å². The number of benzene rings is 1. The topological polar surface area (TPSA) is 95.3 Å². The van der Waals surface area contributed by atoms with Crippen molar-refractivity contribution in [2.75, 3.05) is 0 Å². The Bertz CT molecular complexity index is 1170. The molecule has 1 saturated heterocycles. The molecule has 0 spiro atoms. The van der Waals surface area contributed by atoms with Crippen molar-refractivity contribution in [2.24, 2.45) is 11.8 Å². The van der Waals surface area contributed by atoms with Crippen molar-refractivity contribution in [3.8, 4) is 16.5 Å². The fourth-order valence-corrected chi connectivity index (χ4v) is 5.99. The van der Waals surface area contributed by atoms with Gasteiger partial charge in [-0.25, -0.2) is 14.2 Å². The molecule has 4 rings (SSSR count). The number of carbonyl (C=O) groups excluding carboxylic acids is 2. The molecular formula is C26H31FN4O3S. The van der Waals surface area contributed by atoms with E-state index < -0.39 is 35.5 Å². The average Bonchev–Trinajstić information content (AvgIpc) is 3.47. The number of likely N-dealkylation sites (tertiary alicyclic amines) is 1. The minimum Gasteiger partial charge on any atom is -0.444 e. The third-order valence-corrected chi connectivity index (χ3v) is 7.71. The number of rotatable bonds is 5. The summed E-state index contributed by atoms with van der Waals surface area (Å²) in [4.78, 5) is 32.9. The minimum atomic E-state index is -0.927. The smallest absolute Gasteiger partial charge is 0.411 e. The Labute approximate surface area is 209 Å². The van der Waals surface area contributed by atoms with Gasteiger partial charge >= 0.3 is 6.09 Å². The molecule has 5 atom stereocenters. The molecule has 1 aromatic heterocycles. The van der Waals surface area contributed by atoms with Crippen molar-refractivity contribution >= 4 is 23.3 Å². The van der Waals surface area contributed by atoms with Crippen molar-refractivity contribution in [1.29, 1.82) is 5.26 Å². The van der Waals surface area contributed by atoms with Crippen molar-refractivity contribution < 1.29 is 18.7 Å². The lowest BCUT2D eigenvalue weighted by Crippen LogP contribution is -2.56. The monoisotopic (exact) mass is 498 g/mol. The van der Waals surface area contributed by atoms with E-state index in [1.54, 1.807) is 44.0 Å². The van der Waals surface area contributed by atoms with Crippen LogP contribution in [-0.2, 0) is 16.0 Å². The lowest BCUT2D eigenvalue weighted by Gasteiger charge is -2.38. The summed E-state index contributed by atoms with van der Waals surface area (Å²) in [7, 11) is 0. The molecule has 9 heteroatoms. The summed E-state index contributed by atoms with van der Waals surface area (Å²) in [6.45, 7) is 9.34. The van der Waals surface area contributed by atoms with E-state index in [2.05, 4.69) is 23.3 Å². The standard InChI is InChI=1S/C26H31FN4O3S/c1-14-8-19-11-20(14)23(31(19)25(33)34-26(3,4)5)24(32)30-18(12-28)9-16-6-7-17(10-21(16)27)22-13-29-15(2)35-22/h6-7,10,13-14,18-20,23H,8-9,11H2,1-5H3,(H,30,32)/t14?,18-,19?,20?,23?/m0/s1. The second kappa shape index (κ2) is 9.57. The third kappa shape index (κ3) is 5.32. The van der Waals surface area contributed by atoms with Crippen LogP contribution in [0.25, 0.3) is 10.4 Å². The Morgan fingerprint density at radius 2 is 2.11 bits per heavy atom. The highest BCUT2D eigenvalue weighted by atomic mass is 32.1. The van der Waals surface area contributed by atoms with Crippen LogP contribution in [0.4, 0.5) is 9.18 Å². The molecule has 2 fully saturated rings. The van der Waals surface area contributed by atoms with Crippen molar-refractivity contribution in [1.82, 2.24) is 15.2 Å². The van der Waals surface area contributed by atoms with Crippen molar-refractivity contribution in [3.63, 3.8) is 0 Å². The van der Waals surface area contributed by atoms with Gasteiger partial charge in [0.2, 0.25) is 5.91 Å². The van der Waals surface area contributed by atoms with E-state index in [1.807, 2.05) is 6.92 Å². The highest BCUT2D eigenvalue weighted by Gasteiger charge is 2.55. The van der Waals surface area contributed by atoms with Gasteiger partial charge in [0.25, 0.3) is 0 Å². The van der Waals surface area contributed by atoms with E-state index in [9.17, 15) is 19.2 Å². The molecule has 1 aliphatic heterocycles. The summed E-state index contributed by atoms with van der Waals surface area (Å²) in [6, 6.07) is 5.27. The molecule has 0 radical (unpaired) electrons. The molecule has 2 amide bonds. The zero-order valence-electron chi connectivity index (χ0n) is 20.7. The maximum Gasteiger partial charge on any atom is 0.411 e. The number of hydrogen-bond acceptors (Lipinski definition) is 6. The maximum atomic E-state index is 14.9. The number of halogens is 1. The molecule has 1 aromatic carbocycles. The largest absolute Gasteiger partial charge is 0.444 e. The molecule has 1 aliphatic carbocycles. The molecule has 2 bridgehead atoms. The molecule has 4 unspecified atom stereocenters. The van der Waals surface area contributed by atoms with Crippen LogP contribution in [0.5, 0.6) is 0 Å². The third-order valence-electron chi connectivity index (χ3n) is 6.75.